The topological polar surface area (TPSA) is 73.8 Å². The number of hydrogen-bond donors (Lipinski definition) is 1. The summed E-state index contributed by atoms with van der Waals surface area (Å²) in [4.78, 5) is 23.7. The van der Waals surface area contributed by atoms with Crippen LogP contribution in [-0.4, -0.2) is 21.1 Å². The molecule has 5 nitrogen and oxygen atoms in total. The lowest BCUT2D eigenvalue weighted by atomic mass is 10.1. The third-order valence-corrected chi connectivity index (χ3v) is 6.40. The smallest absolute Gasteiger partial charge is 0.271 e. The van der Waals surface area contributed by atoms with E-state index in [4.69, 9.17) is 15.7 Å². The highest BCUT2D eigenvalue weighted by molar-refractivity contribution is 7.25. The zero-order valence-corrected chi connectivity index (χ0v) is 17.8. The fraction of sp³-hybridized carbons (Fsp3) is 0.348. The minimum Gasteiger partial charge on any atom is -0.330 e. The van der Waals surface area contributed by atoms with Crippen molar-refractivity contribution in [2.75, 3.05) is 6.54 Å². The van der Waals surface area contributed by atoms with Gasteiger partial charge in [-0.05, 0) is 44.9 Å². The van der Waals surface area contributed by atoms with E-state index in [1.807, 2.05) is 29.7 Å². The second-order valence-corrected chi connectivity index (χ2v) is 8.47. The Bertz CT molecular complexity index is 1210. The Labute approximate surface area is 174 Å². The Hall–Kier alpha value is -2.57. The van der Waals surface area contributed by atoms with Gasteiger partial charge in [0, 0.05) is 17.5 Å². The van der Waals surface area contributed by atoms with E-state index in [0.717, 1.165) is 70.6 Å². The first kappa shape index (κ1) is 19.7. The zero-order chi connectivity index (χ0) is 20.4. The highest BCUT2D eigenvalue weighted by atomic mass is 32.1. The van der Waals surface area contributed by atoms with E-state index in [1.54, 1.807) is 0 Å². The van der Waals surface area contributed by atoms with Crippen LogP contribution in [-0.2, 0) is 6.54 Å². The second kappa shape index (κ2) is 8.43. The van der Waals surface area contributed by atoms with Crippen LogP contribution in [0.5, 0.6) is 0 Å². The van der Waals surface area contributed by atoms with Crippen LogP contribution in [0.25, 0.3) is 31.7 Å². The number of hydrogen-bond acceptors (Lipinski definition) is 5. The van der Waals surface area contributed by atoms with Gasteiger partial charge in [-0.1, -0.05) is 43.2 Å². The number of thiophene rings is 1. The molecule has 0 amide bonds. The molecule has 0 aliphatic carbocycles. The van der Waals surface area contributed by atoms with Crippen molar-refractivity contribution in [2.24, 2.45) is 5.73 Å². The van der Waals surface area contributed by atoms with Crippen molar-refractivity contribution in [3.63, 3.8) is 0 Å². The molecule has 0 unspecified atom stereocenters. The van der Waals surface area contributed by atoms with Gasteiger partial charge in [-0.15, -0.1) is 11.3 Å². The van der Waals surface area contributed by atoms with E-state index in [-0.39, 0.29) is 5.56 Å². The molecule has 0 spiro atoms. The highest BCUT2D eigenvalue weighted by Gasteiger charge is 2.17. The normalized spacial score (nSPS) is 11.6. The predicted molar refractivity (Wildman–Crippen MR) is 122 cm³/mol. The maximum atomic E-state index is 13.2. The standard InChI is InChI=1S/C23H26N4OS/c1-15-14-18(17-10-6-5-7-11-17)26-22-19(15)20-21(29-22)23(28)27(16(2)25-20)13-9-4-3-8-12-24/h5-7,10-11,14H,3-4,8-9,12-13,24H2,1-2H3. The maximum Gasteiger partial charge on any atom is 0.271 e. The molecule has 0 radical (unpaired) electrons. The number of rotatable bonds is 7. The number of fused-ring (bicyclic) bond motifs is 3. The molecule has 0 aliphatic heterocycles. The van der Waals surface area contributed by atoms with Crippen LogP contribution >= 0.6 is 11.3 Å². The number of nitrogens with zero attached hydrogens (tertiary/aromatic N) is 3. The van der Waals surface area contributed by atoms with Crippen LogP contribution in [0.15, 0.2) is 41.2 Å². The lowest BCUT2D eigenvalue weighted by Gasteiger charge is -2.09. The van der Waals surface area contributed by atoms with Gasteiger partial charge >= 0.3 is 0 Å². The number of unbranched alkanes of at least 4 members (excludes halogenated alkanes) is 3. The van der Waals surface area contributed by atoms with E-state index in [0.29, 0.717) is 11.2 Å². The summed E-state index contributed by atoms with van der Waals surface area (Å²) in [5.74, 6) is 0.771. The summed E-state index contributed by atoms with van der Waals surface area (Å²) in [6, 6.07) is 12.2. The van der Waals surface area contributed by atoms with Gasteiger partial charge in [-0.2, -0.15) is 0 Å². The Morgan fingerprint density at radius 2 is 1.79 bits per heavy atom. The van der Waals surface area contributed by atoms with Gasteiger partial charge < -0.3 is 5.73 Å². The maximum absolute atomic E-state index is 13.2. The van der Waals surface area contributed by atoms with E-state index >= 15 is 0 Å². The first-order valence-corrected chi connectivity index (χ1v) is 11.0. The Morgan fingerprint density at radius 3 is 2.55 bits per heavy atom. The van der Waals surface area contributed by atoms with Crippen LogP contribution < -0.4 is 11.3 Å². The van der Waals surface area contributed by atoms with Gasteiger partial charge in [0.1, 0.15) is 15.4 Å². The largest absolute Gasteiger partial charge is 0.330 e. The monoisotopic (exact) mass is 406 g/mol. The lowest BCUT2D eigenvalue weighted by molar-refractivity contribution is 0.551. The molecule has 2 N–H and O–H groups in total. The summed E-state index contributed by atoms with van der Waals surface area (Å²) in [5.41, 5.74) is 9.51. The molecule has 0 atom stereocenters. The number of aromatic nitrogens is 3. The molecule has 150 valence electrons. The summed E-state index contributed by atoms with van der Waals surface area (Å²) >= 11 is 1.46. The van der Waals surface area contributed by atoms with Crippen molar-refractivity contribution in [3.8, 4) is 11.3 Å². The number of pyridine rings is 1. The molecule has 0 bridgehead atoms. The summed E-state index contributed by atoms with van der Waals surface area (Å²) in [5, 5.41) is 1.000. The van der Waals surface area contributed by atoms with Crippen molar-refractivity contribution in [2.45, 2.75) is 46.1 Å². The third-order valence-electron chi connectivity index (χ3n) is 5.34. The molecule has 0 saturated carbocycles. The highest BCUT2D eigenvalue weighted by Crippen LogP contribution is 2.34. The fourth-order valence-corrected chi connectivity index (χ4v) is 4.93. The summed E-state index contributed by atoms with van der Waals surface area (Å²) < 4.78 is 2.52. The van der Waals surface area contributed by atoms with Gasteiger partial charge in [0.25, 0.3) is 5.56 Å². The third kappa shape index (κ3) is 3.82. The van der Waals surface area contributed by atoms with Crippen LogP contribution in [0.1, 0.15) is 37.1 Å². The molecule has 0 aliphatic rings. The molecule has 4 rings (SSSR count). The molecular formula is C23H26N4OS. The van der Waals surface area contributed by atoms with Crippen LogP contribution in [0, 0.1) is 13.8 Å². The molecule has 29 heavy (non-hydrogen) atoms. The van der Waals surface area contributed by atoms with E-state index in [2.05, 4.69) is 25.1 Å². The first-order valence-electron chi connectivity index (χ1n) is 10.2. The Kier molecular flexibility index (Phi) is 5.74. The van der Waals surface area contributed by atoms with E-state index in [9.17, 15) is 4.79 Å². The van der Waals surface area contributed by atoms with Crippen molar-refractivity contribution in [1.82, 2.24) is 14.5 Å². The molecule has 0 fully saturated rings. The number of aryl methyl sites for hydroxylation is 2. The molecular weight excluding hydrogens is 380 g/mol. The van der Waals surface area contributed by atoms with Gasteiger partial charge in [-0.25, -0.2) is 9.97 Å². The van der Waals surface area contributed by atoms with Gasteiger partial charge in [-0.3, -0.25) is 9.36 Å². The molecule has 4 aromatic rings. The molecule has 3 aromatic heterocycles. The molecule has 1 aromatic carbocycles. The molecule has 0 saturated heterocycles. The Morgan fingerprint density at radius 1 is 1.03 bits per heavy atom. The summed E-state index contributed by atoms with van der Waals surface area (Å²) in [6.45, 7) is 5.42. The van der Waals surface area contributed by atoms with E-state index < -0.39 is 0 Å². The minimum absolute atomic E-state index is 0.0509. The Balaban J connectivity index is 1.77. The molecule has 6 heteroatoms. The van der Waals surface area contributed by atoms with Crippen LogP contribution in [0.4, 0.5) is 0 Å². The van der Waals surface area contributed by atoms with Crippen LogP contribution in [0.2, 0.25) is 0 Å². The molecule has 3 heterocycles. The van der Waals surface area contributed by atoms with Gasteiger partial charge in [0.15, 0.2) is 0 Å². The van der Waals surface area contributed by atoms with E-state index in [1.165, 1.54) is 11.3 Å². The van der Waals surface area contributed by atoms with Gasteiger partial charge in [0.2, 0.25) is 0 Å². The summed E-state index contributed by atoms with van der Waals surface area (Å²) in [7, 11) is 0. The van der Waals surface area contributed by atoms with Crippen molar-refractivity contribution in [1.29, 1.82) is 0 Å². The fourth-order valence-electron chi connectivity index (χ4n) is 3.80. The predicted octanol–water partition coefficient (Wildman–Crippen LogP) is 4.81. The van der Waals surface area contributed by atoms with Crippen molar-refractivity contribution >= 4 is 31.8 Å². The minimum atomic E-state index is 0.0509. The SMILES string of the molecule is Cc1cc(-c2ccccc2)nc2sc3c(=O)n(CCCCCCN)c(C)nc3c12. The zero-order valence-electron chi connectivity index (χ0n) is 16.9. The summed E-state index contributed by atoms with van der Waals surface area (Å²) in [6.07, 6.45) is 4.19. The second-order valence-electron chi connectivity index (χ2n) is 7.47. The number of benzene rings is 1. The van der Waals surface area contributed by atoms with Crippen molar-refractivity contribution in [3.05, 3.63) is 58.1 Å². The lowest BCUT2D eigenvalue weighted by Crippen LogP contribution is -2.23. The van der Waals surface area contributed by atoms with Gasteiger partial charge in [0.05, 0.1) is 11.2 Å². The quantitative estimate of drug-likeness (QED) is 0.447. The average molecular weight is 407 g/mol. The average Bonchev–Trinajstić information content (AvgIpc) is 3.09. The number of nitrogens with two attached hydrogens (primary N) is 1. The first-order chi connectivity index (χ1) is 14.1. The van der Waals surface area contributed by atoms with Crippen molar-refractivity contribution < 1.29 is 0 Å². The van der Waals surface area contributed by atoms with Crippen LogP contribution in [0.3, 0.4) is 0 Å².